The quantitative estimate of drug-likeness (QED) is 0.739. The Balaban J connectivity index is 1.79. The summed E-state index contributed by atoms with van der Waals surface area (Å²) in [5.41, 5.74) is 0.684. The normalized spacial score (nSPS) is 18.6. The van der Waals surface area contributed by atoms with E-state index < -0.39 is 15.9 Å². The molecular formula is C15H15N3O3S3. The SMILES string of the molecule is Cc1nnc(SCC(=O)N(c2ccccc2)[C@H]2C=CS(=O)(=O)C2)s1. The molecule has 0 bridgehead atoms. The van der Waals surface area contributed by atoms with Gasteiger partial charge in [-0.3, -0.25) is 4.79 Å². The number of rotatable bonds is 5. The van der Waals surface area contributed by atoms with Crippen molar-refractivity contribution in [1.82, 2.24) is 10.2 Å². The average Bonchev–Trinajstić information content (AvgIpc) is 3.12. The summed E-state index contributed by atoms with van der Waals surface area (Å²) in [6.07, 6.45) is 1.57. The van der Waals surface area contributed by atoms with Gasteiger partial charge in [0.05, 0.1) is 17.5 Å². The number of sulfone groups is 1. The van der Waals surface area contributed by atoms with E-state index in [1.54, 1.807) is 23.1 Å². The molecule has 0 unspecified atom stereocenters. The van der Waals surface area contributed by atoms with Crippen molar-refractivity contribution in [2.45, 2.75) is 17.3 Å². The first kappa shape index (κ1) is 17.1. The maximum atomic E-state index is 12.8. The highest BCUT2D eigenvalue weighted by atomic mass is 32.2. The van der Waals surface area contributed by atoms with Crippen LogP contribution in [0, 0.1) is 6.92 Å². The second kappa shape index (κ2) is 7.04. The van der Waals surface area contributed by atoms with E-state index in [2.05, 4.69) is 10.2 Å². The van der Waals surface area contributed by atoms with Crippen LogP contribution in [0.2, 0.25) is 0 Å². The van der Waals surface area contributed by atoms with Gasteiger partial charge in [0, 0.05) is 11.1 Å². The number of aryl methyl sites for hydroxylation is 1. The van der Waals surface area contributed by atoms with Crippen molar-refractivity contribution in [3.63, 3.8) is 0 Å². The zero-order chi connectivity index (χ0) is 17.2. The van der Waals surface area contributed by atoms with Gasteiger partial charge in [-0.05, 0) is 25.1 Å². The van der Waals surface area contributed by atoms with Crippen LogP contribution < -0.4 is 4.90 Å². The maximum Gasteiger partial charge on any atom is 0.238 e. The lowest BCUT2D eigenvalue weighted by Gasteiger charge is -2.27. The number of carbonyl (C=O) groups is 1. The zero-order valence-electron chi connectivity index (χ0n) is 12.8. The predicted octanol–water partition coefficient (Wildman–Crippen LogP) is 2.28. The molecule has 0 radical (unpaired) electrons. The van der Waals surface area contributed by atoms with E-state index in [4.69, 9.17) is 0 Å². The number of nitrogens with zero attached hydrogens (tertiary/aromatic N) is 3. The number of hydrogen-bond donors (Lipinski definition) is 0. The molecule has 0 aliphatic carbocycles. The van der Waals surface area contributed by atoms with Gasteiger partial charge in [0.2, 0.25) is 5.91 Å². The molecule has 126 valence electrons. The summed E-state index contributed by atoms with van der Waals surface area (Å²) in [6.45, 7) is 1.86. The molecule has 0 fully saturated rings. The minimum Gasteiger partial charge on any atom is -0.304 e. The number of para-hydroxylation sites is 1. The topological polar surface area (TPSA) is 80.2 Å². The van der Waals surface area contributed by atoms with E-state index in [0.717, 1.165) is 9.35 Å². The molecule has 1 aliphatic rings. The first-order valence-corrected chi connectivity index (χ1v) is 10.7. The van der Waals surface area contributed by atoms with Crippen molar-refractivity contribution in [1.29, 1.82) is 0 Å². The van der Waals surface area contributed by atoms with E-state index >= 15 is 0 Å². The lowest BCUT2D eigenvalue weighted by molar-refractivity contribution is -0.116. The highest BCUT2D eigenvalue weighted by Gasteiger charge is 2.31. The second-order valence-electron chi connectivity index (χ2n) is 5.20. The van der Waals surface area contributed by atoms with Gasteiger partial charge >= 0.3 is 0 Å². The summed E-state index contributed by atoms with van der Waals surface area (Å²) in [4.78, 5) is 14.3. The van der Waals surface area contributed by atoms with Crippen LogP contribution >= 0.6 is 23.1 Å². The highest BCUT2D eigenvalue weighted by Crippen LogP contribution is 2.26. The summed E-state index contributed by atoms with van der Waals surface area (Å²) in [5, 5.41) is 9.94. The van der Waals surface area contributed by atoms with E-state index in [9.17, 15) is 13.2 Å². The minimum absolute atomic E-state index is 0.0871. The van der Waals surface area contributed by atoms with Crippen LogP contribution in [0.5, 0.6) is 0 Å². The third kappa shape index (κ3) is 4.03. The first-order chi connectivity index (χ1) is 11.4. The van der Waals surface area contributed by atoms with Gasteiger partial charge < -0.3 is 4.90 Å². The Kier molecular flexibility index (Phi) is 5.02. The Morgan fingerprint density at radius 1 is 1.33 bits per heavy atom. The Morgan fingerprint density at radius 3 is 2.67 bits per heavy atom. The van der Waals surface area contributed by atoms with Gasteiger partial charge in [-0.2, -0.15) is 0 Å². The first-order valence-electron chi connectivity index (χ1n) is 7.15. The molecule has 1 aromatic heterocycles. The lowest BCUT2D eigenvalue weighted by Crippen LogP contribution is -2.42. The monoisotopic (exact) mass is 381 g/mol. The maximum absolute atomic E-state index is 12.8. The Morgan fingerprint density at radius 2 is 2.08 bits per heavy atom. The van der Waals surface area contributed by atoms with E-state index in [1.165, 1.54) is 28.5 Å². The van der Waals surface area contributed by atoms with E-state index in [1.807, 2.05) is 25.1 Å². The lowest BCUT2D eigenvalue weighted by atomic mass is 10.2. The summed E-state index contributed by atoms with van der Waals surface area (Å²) >= 11 is 2.74. The molecule has 0 spiro atoms. The average molecular weight is 382 g/mol. The standard InChI is InChI=1S/C15H15N3O3S3/c1-11-16-17-15(23-11)22-9-14(19)18(12-5-3-2-4-6-12)13-7-8-24(20,21)10-13/h2-8,13H,9-10H2,1H3/t13-/m0/s1. The van der Waals surface area contributed by atoms with Crippen LogP contribution in [-0.4, -0.2) is 42.1 Å². The largest absolute Gasteiger partial charge is 0.304 e. The second-order valence-corrected chi connectivity index (χ2v) is 9.54. The molecule has 2 aromatic rings. The molecule has 6 nitrogen and oxygen atoms in total. The van der Waals surface area contributed by atoms with Gasteiger partial charge in [0.1, 0.15) is 5.01 Å². The molecule has 0 saturated carbocycles. The van der Waals surface area contributed by atoms with Crippen LogP contribution in [0.4, 0.5) is 5.69 Å². The fraction of sp³-hybridized carbons (Fsp3) is 0.267. The summed E-state index contributed by atoms with van der Waals surface area (Å²) in [5.74, 6) is -0.0739. The van der Waals surface area contributed by atoms with Crippen LogP contribution in [0.15, 0.2) is 46.2 Å². The number of anilines is 1. The number of carbonyl (C=O) groups excluding carboxylic acids is 1. The molecule has 2 heterocycles. The van der Waals surface area contributed by atoms with Gasteiger partial charge in [-0.25, -0.2) is 8.42 Å². The van der Waals surface area contributed by atoms with E-state index in [-0.39, 0.29) is 17.4 Å². The molecule has 1 aromatic carbocycles. The fourth-order valence-corrected chi connectivity index (χ4v) is 5.30. The van der Waals surface area contributed by atoms with Crippen LogP contribution in [-0.2, 0) is 14.6 Å². The van der Waals surface area contributed by atoms with Crippen molar-refractivity contribution in [3.05, 3.63) is 46.8 Å². The van der Waals surface area contributed by atoms with Gasteiger partial charge in [0.25, 0.3) is 0 Å². The third-order valence-corrected chi connectivity index (χ3v) is 6.71. The minimum atomic E-state index is -3.25. The summed E-state index contributed by atoms with van der Waals surface area (Å²) in [6, 6.07) is 8.62. The number of benzene rings is 1. The number of aromatic nitrogens is 2. The predicted molar refractivity (Wildman–Crippen MR) is 96.0 cm³/mol. The Bertz CT molecular complexity index is 862. The molecule has 1 amide bonds. The van der Waals surface area contributed by atoms with Gasteiger partial charge in [0.15, 0.2) is 14.2 Å². The number of amides is 1. The molecule has 24 heavy (non-hydrogen) atoms. The van der Waals surface area contributed by atoms with Crippen molar-refractivity contribution in [3.8, 4) is 0 Å². The van der Waals surface area contributed by atoms with Gasteiger partial charge in [-0.15, -0.1) is 10.2 Å². The number of hydrogen-bond acceptors (Lipinski definition) is 7. The molecule has 1 aliphatic heterocycles. The van der Waals surface area contributed by atoms with Crippen molar-refractivity contribution >= 4 is 44.5 Å². The van der Waals surface area contributed by atoms with E-state index in [0.29, 0.717) is 5.69 Å². The zero-order valence-corrected chi connectivity index (χ0v) is 15.3. The molecule has 9 heteroatoms. The summed E-state index contributed by atoms with van der Waals surface area (Å²) in [7, 11) is -3.25. The molecule has 3 rings (SSSR count). The third-order valence-electron chi connectivity index (χ3n) is 3.37. The molecule has 0 saturated heterocycles. The van der Waals surface area contributed by atoms with Crippen LogP contribution in [0.3, 0.4) is 0 Å². The molecular weight excluding hydrogens is 366 g/mol. The molecule has 0 N–H and O–H groups in total. The van der Waals surface area contributed by atoms with Crippen molar-refractivity contribution < 1.29 is 13.2 Å². The number of thioether (sulfide) groups is 1. The van der Waals surface area contributed by atoms with Crippen LogP contribution in [0.1, 0.15) is 5.01 Å². The Labute approximate surface area is 148 Å². The fourth-order valence-electron chi connectivity index (χ4n) is 2.36. The van der Waals surface area contributed by atoms with Gasteiger partial charge in [-0.1, -0.05) is 41.3 Å². The molecule has 1 atom stereocenters. The highest BCUT2D eigenvalue weighted by molar-refractivity contribution is 8.01. The van der Waals surface area contributed by atoms with Crippen molar-refractivity contribution in [2.75, 3.05) is 16.4 Å². The smallest absolute Gasteiger partial charge is 0.238 e. The Hall–Kier alpha value is -1.71. The summed E-state index contributed by atoms with van der Waals surface area (Å²) < 4.78 is 24.2. The van der Waals surface area contributed by atoms with Crippen molar-refractivity contribution in [2.24, 2.45) is 0 Å². The van der Waals surface area contributed by atoms with Crippen LogP contribution in [0.25, 0.3) is 0 Å².